The fourth-order valence-electron chi connectivity index (χ4n) is 1.09. The summed E-state index contributed by atoms with van der Waals surface area (Å²) in [5.41, 5.74) is -0.341. The topological polar surface area (TPSA) is 64.1 Å². The average molecular weight is 278 g/mol. The molecule has 0 radical (unpaired) electrons. The lowest BCUT2D eigenvalue weighted by atomic mass is 10.1. The summed E-state index contributed by atoms with van der Waals surface area (Å²) in [5, 5.41) is 2.77. The smallest absolute Gasteiger partial charge is 0.227 e. The van der Waals surface area contributed by atoms with E-state index in [-0.39, 0.29) is 28.3 Å². The number of carbonyl (C=O) groups excluding carboxylic acids is 1. The Hall–Kier alpha value is -0.910. The van der Waals surface area contributed by atoms with Crippen LogP contribution in [0.5, 0.6) is 0 Å². The maximum Gasteiger partial charge on any atom is 0.227 e. The molecule has 0 fully saturated rings. The normalized spacial score (nSPS) is 11.4. The van der Waals surface area contributed by atoms with E-state index in [0.29, 0.717) is 0 Å². The van der Waals surface area contributed by atoms with E-state index in [1.54, 1.807) is 21.0 Å². The van der Waals surface area contributed by atoms with Gasteiger partial charge in [0.25, 0.3) is 0 Å². The fraction of sp³-hybridized carbons (Fsp3) is 0.500. The minimum Gasteiger partial charge on any atom is -0.378 e. The van der Waals surface area contributed by atoms with Crippen molar-refractivity contribution in [2.75, 3.05) is 12.4 Å². The van der Waals surface area contributed by atoms with Crippen LogP contribution in [-0.4, -0.2) is 28.6 Å². The summed E-state index contributed by atoms with van der Waals surface area (Å²) < 4.78 is 5.15. The third-order valence-corrected chi connectivity index (χ3v) is 2.73. The number of methoxy groups -OCH3 is 1. The molecular weight excluding hydrogens is 265 g/mol. The van der Waals surface area contributed by atoms with Crippen LogP contribution >= 0.6 is 23.2 Å². The van der Waals surface area contributed by atoms with Crippen LogP contribution in [0.25, 0.3) is 0 Å². The average Bonchev–Trinajstić information content (AvgIpc) is 2.23. The van der Waals surface area contributed by atoms with Crippen molar-refractivity contribution in [2.45, 2.75) is 25.9 Å². The number of hydrogen-bond acceptors (Lipinski definition) is 4. The van der Waals surface area contributed by atoms with Crippen molar-refractivity contribution in [3.05, 3.63) is 16.6 Å². The number of aromatic nitrogens is 2. The lowest BCUT2D eigenvalue weighted by Crippen LogP contribution is -2.29. The molecule has 0 saturated carbocycles. The number of rotatable bonds is 4. The lowest BCUT2D eigenvalue weighted by molar-refractivity contribution is -0.121. The number of hydrogen-bond donors (Lipinski definition) is 1. The van der Waals surface area contributed by atoms with Crippen LogP contribution in [-0.2, 0) is 9.53 Å². The first-order chi connectivity index (χ1) is 7.85. The summed E-state index contributed by atoms with van der Waals surface area (Å²) in [7, 11) is 1.54. The molecule has 0 atom stereocenters. The first-order valence-electron chi connectivity index (χ1n) is 4.87. The van der Waals surface area contributed by atoms with Gasteiger partial charge in [0.1, 0.15) is 12.0 Å². The molecule has 0 aliphatic rings. The van der Waals surface area contributed by atoms with E-state index in [4.69, 9.17) is 27.9 Å². The monoisotopic (exact) mass is 277 g/mol. The van der Waals surface area contributed by atoms with Gasteiger partial charge < -0.3 is 10.1 Å². The van der Waals surface area contributed by atoms with Crippen molar-refractivity contribution < 1.29 is 9.53 Å². The molecule has 1 amide bonds. The molecule has 0 saturated heterocycles. The molecule has 0 unspecified atom stereocenters. The molecule has 17 heavy (non-hydrogen) atoms. The van der Waals surface area contributed by atoms with E-state index in [9.17, 15) is 4.79 Å². The maximum absolute atomic E-state index is 11.7. The second kappa shape index (κ2) is 5.62. The first kappa shape index (κ1) is 14.2. The molecule has 0 aromatic carbocycles. The van der Waals surface area contributed by atoms with Gasteiger partial charge in [0.15, 0.2) is 10.3 Å². The summed E-state index contributed by atoms with van der Waals surface area (Å²) in [4.78, 5) is 19.2. The molecular formula is C10H13Cl2N3O2. The Labute approximate surface area is 109 Å². The van der Waals surface area contributed by atoms with Gasteiger partial charge in [-0.25, -0.2) is 9.97 Å². The maximum atomic E-state index is 11.7. The van der Waals surface area contributed by atoms with Gasteiger partial charge in [-0.1, -0.05) is 23.2 Å². The zero-order valence-corrected chi connectivity index (χ0v) is 11.3. The van der Waals surface area contributed by atoms with E-state index in [2.05, 4.69) is 15.3 Å². The van der Waals surface area contributed by atoms with Crippen molar-refractivity contribution >= 4 is 34.8 Å². The number of halogens is 2. The van der Waals surface area contributed by atoms with E-state index < -0.39 is 5.60 Å². The third-order valence-electron chi connectivity index (χ3n) is 2.16. The molecule has 1 aromatic heterocycles. The molecule has 0 spiro atoms. The Kier molecular flexibility index (Phi) is 4.68. The highest BCUT2D eigenvalue weighted by atomic mass is 35.5. The SMILES string of the molecule is COC(C)(C)CC(=O)Nc1c(Cl)ncnc1Cl. The lowest BCUT2D eigenvalue weighted by Gasteiger charge is -2.22. The highest BCUT2D eigenvalue weighted by molar-refractivity contribution is 6.38. The number of nitrogens with one attached hydrogen (secondary N) is 1. The van der Waals surface area contributed by atoms with E-state index in [0.717, 1.165) is 0 Å². The molecule has 0 aliphatic carbocycles. The van der Waals surface area contributed by atoms with Gasteiger partial charge in [-0.2, -0.15) is 0 Å². The van der Waals surface area contributed by atoms with Gasteiger partial charge in [0.05, 0.1) is 12.0 Å². The Morgan fingerprint density at radius 3 is 2.41 bits per heavy atom. The molecule has 1 heterocycles. The summed E-state index contributed by atoms with van der Waals surface area (Å²) in [6.07, 6.45) is 1.39. The van der Waals surface area contributed by atoms with Gasteiger partial charge in [-0.15, -0.1) is 0 Å². The highest BCUT2D eigenvalue weighted by Gasteiger charge is 2.22. The summed E-state index contributed by atoms with van der Waals surface area (Å²) in [5.74, 6) is -0.268. The number of nitrogens with zero attached hydrogens (tertiary/aromatic N) is 2. The third kappa shape index (κ3) is 4.11. The molecule has 1 aromatic rings. The van der Waals surface area contributed by atoms with E-state index in [1.165, 1.54) is 6.33 Å². The Bertz CT molecular complexity index is 404. The second-order valence-corrected chi connectivity index (χ2v) is 4.74. The molecule has 0 bridgehead atoms. The van der Waals surface area contributed by atoms with Crippen molar-refractivity contribution in [3.8, 4) is 0 Å². The van der Waals surface area contributed by atoms with Crippen LogP contribution < -0.4 is 5.32 Å². The van der Waals surface area contributed by atoms with Crippen molar-refractivity contribution in [1.29, 1.82) is 0 Å². The van der Waals surface area contributed by atoms with Crippen LogP contribution in [0.2, 0.25) is 10.3 Å². The van der Waals surface area contributed by atoms with Crippen LogP contribution in [0.1, 0.15) is 20.3 Å². The Morgan fingerprint density at radius 2 is 1.94 bits per heavy atom. The quantitative estimate of drug-likeness (QED) is 0.859. The molecule has 1 N–H and O–H groups in total. The van der Waals surface area contributed by atoms with Gasteiger partial charge in [-0.05, 0) is 13.8 Å². The number of carbonyl (C=O) groups is 1. The largest absolute Gasteiger partial charge is 0.378 e. The summed E-state index contributed by atoms with van der Waals surface area (Å²) >= 11 is 11.6. The summed E-state index contributed by atoms with van der Waals surface area (Å²) in [6.45, 7) is 3.61. The fourth-order valence-corrected chi connectivity index (χ4v) is 1.50. The number of anilines is 1. The number of ether oxygens (including phenoxy) is 1. The molecule has 0 aliphatic heterocycles. The van der Waals surface area contributed by atoms with E-state index >= 15 is 0 Å². The van der Waals surface area contributed by atoms with Crippen LogP contribution in [0.3, 0.4) is 0 Å². The minimum atomic E-state index is -0.557. The number of amides is 1. The van der Waals surface area contributed by atoms with Gasteiger partial charge >= 0.3 is 0 Å². The van der Waals surface area contributed by atoms with Gasteiger partial charge in [0, 0.05) is 7.11 Å². The second-order valence-electron chi connectivity index (χ2n) is 4.02. The van der Waals surface area contributed by atoms with Crippen LogP contribution in [0.15, 0.2) is 6.33 Å². The van der Waals surface area contributed by atoms with Crippen molar-refractivity contribution in [1.82, 2.24) is 9.97 Å². The van der Waals surface area contributed by atoms with Crippen molar-refractivity contribution in [2.24, 2.45) is 0 Å². The van der Waals surface area contributed by atoms with Crippen molar-refractivity contribution in [3.63, 3.8) is 0 Å². The predicted molar refractivity (Wildman–Crippen MR) is 66.4 cm³/mol. The molecule has 94 valence electrons. The van der Waals surface area contributed by atoms with Crippen LogP contribution in [0, 0.1) is 0 Å². The van der Waals surface area contributed by atoms with Crippen LogP contribution in [0.4, 0.5) is 5.69 Å². The highest BCUT2D eigenvalue weighted by Crippen LogP contribution is 2.26. The predicted octanol–water partition coefficient (Wildman–Crippen LogP) is 2.54. The Balaban J connectivity index is 2.75. The molecule has 7 heteroatoms. The standard InChI is InChI=1S/C10H13Cl2N3O2/c1-10(2,17-3)4-6(16)15-7-8(11)13-5-14-9(7)12/h5H,4H2,1-3H3,(H,15,16). The van der Waals surface area contributed by atoms with Gasteiger partial charge in [0.2, 0.25) is 5.91 Å². The van der Waals surface area contributed by atoms with E-state index in [1.807, 2.05) is 0 Å². The van der Waals surface area contributed by atoms with Gasteiger partial charge in [-0.3, -0.25) is 4.79 Å². The molecule has 5 nitrogen and oxygen atoms in total. The zero-order valence-electron chi connectivity index (χ0n) is 9.75. The molecule has 1 rings (SSSR count). The summed E-state index contributed by atoms with van der Waals surface area (Å²) in [6, 6.07) is 0. The minimum absolute atomic E-state index is 0.105. The zero-order chi connectivity index (χ0) is 13.1. The Morgan fingerprint density at radius 1 is 1.41 bits per heavy atom. The first-order valence-corrected chi connectivity index (χ1v) is 5.62.